The number of benzene rings is 1. The smallest absolute Gasteiger partial charge is 0.410 e. The van der Waals surface area contributed by atoms with Crippen molar-refractivity contribution in [2.45, 2.75) is 24.9 Å². The highest BCUT2D eigenvalue weighted by atomic mass is 16.6. The minimum absolute atomic E-state index is 0.402. The van der Waals surface area contributed by atoms with Crippen molar-refractivity contribution in [2.24, 2.45) is 0 Å². The SMILES string of the molecule is CN(CCN(C)c1ccn[nH]cc(-c2ccc([C@@H]3CCCNC3)cc2)cc1)C(=O)OC(CO)CO. The van der Waals surface area contributed by atoms with Gasteiger partial charge in [-0.25, -0.2) is 4.79 Å². The lowest BCUT2D eigenvalue weighted by molar-refractivity contribution is 0.00820. The van der Waals surface area contributed by atoms with Crippen LogP contribution in [0.15, 0.2) is 54.9 Å². The number of aliphatic hydroxyl groups is 2. The van der Waals surface area contributed by atoms with Crippen LogP contribution in [-0.2, 0) is 4.74 Å². The number of nitrogens with zero attached hydrogens (tertiary/aromatic N) is 3. The topological polar surface area (TPSA) is 114 Å². The van der Waals surface area contributed by atoms with E-state index in [0.29, 0.717) is 19.0 Å². The molecule has 0 radical (unpaired) electrons. The maximum atomic E-state index is 12.1. The number of likely N-dealkylation sites (N-methyl/N-ethyl adjacent to an activating group) is 2. The summed E-state index contributed by atoms with van der Waals surface area (Å²) in [6, 6.07) is 14.7. The van der Waals surface area contributed by atoms with E-state index in [0.717, 1.165) is 29.9 Å². The number of hydrogen-bond acceptors (Lipinski definition) is 7. The summed E-state index contributed by atoms with van der Waals surface area (Å²) in [5.74, 6) is 0.572. The van der Waals surface area contributed by atoms with E-state index < -0.39 is 25.4 Å². The summed E-state index contributed by atoms with van der Waals surface area (Å²) < 4.78 is 5.05. The largest absolute Gasteiger partial charge is 0.441 e. The average molecular weight is 484 g/mol. The van der Waals surface area contributed by atoms with Crippen molar-refractivity contribution in [2.75, 3.05) is 58.4 Å². The molecule has 2 aromatic rings. The molecule has 1 aliphatic rings. The lowest BCUT2D eigenvalue weighted by Gasteiger charge is -2.24. The maximum Gasteiger partial charge on any atom is 0.410 e. The van der Waals surface area contributed by atoms with Crippen LogP contribution in [0, 0.1) is 0 Å². The molecule has 1 saturated heterocycles. The number of H-pyrrole nitrogens is 1. The van der Waals surface area contributed by atoms with Gasteiger partial charge in [0.05, 0.1) is 13.2 Å². The summed E-state index contributed by atoms with van der Waals surface area (Å²) in [4.78, 5) is 15.6. The van der Waals surface area contributed by atoms with Crippen LogP contribution in [0.4, 0.5) is 10.5 Å². The van der Waals surface area contributed by atoms with Crippen LogP contribution in [0.25, 0.3) is 11.1 Å². The molecule has 2 heterocycles. The van der Waals surface area contributed by atoms with E-state index in [-0.39, 0.29) is 0 Å². The first kappa shape index (κ1) is 26.5. The number of amides is 1. The number of nitrogens with one attached hydrogen (secondary N) is 2. The van der Waals surface area contributed by atoms with Crippen molar-refractivity contribution >= 4 is 11.8 Å². The quantitative estimate of drug-likeness (QED) is 0.433. The van der Waals surface area contributed by atoms with Crippen molar-refractivity contribution in [1.29, 1.82) is 0 Å². The molecule has 1 aromatic carbocycles. The van der Waals surface area contributed by atoms with E-state index in [9.17, 15) is 4.79 Å². The Hall–Kier alpha value is -3.14. The molecule has 0 aliphatic carbocycles. The molecule has 190 valence electrons. The van der Waals surface area contributed by atoms with E-state index in [1.807, 2.05) is 36.3 Å². The number of aliphatic hydroxyl groups excluding tert-OH is 2. The van der Waals surface area contributed by atoms with Gasteiger partial charge in [-0.05, 0) is 54.1 Å². The lowest BCUT2D eigenvalue weighted by Crippen LogP contribution is -2.38. The Labute approximate surface area is 207 Å². The molecule has 0 saturated carbocycles. The Kier molecular flexibility index (Phi) is 10.3. The molecule has 0 unspecified atom stereocenters. The second-order valence-electron chi connectivity index (χ2n) is 8.81. The monoisotopic (exact) mass is 483 g/mol. The van der Waals surface area contributed by atoms with Gasteiger partial charge in [-0.2, -0.15) is 5.10 Å². The van der Waals surface area contributed by atoms with E-state index in [1.165, 1.54) is 23.3 Å². The molecule has 35 heavy (non-hydrogen) atoms. The molecule has 1 fully saturated rings. The van der Waals surface area contributed by atoms with Crippen molar-refractivity contribution in [3.63, 3.8) is 0 Å². The lowest BCUT2D eigenvalue weighted by atomic mass is 9.91. The minimum Gasteiger partial charge on any atom is -0.441 e. The summed E-state index contributed by atoms with van der Waals surface area (Å²) in [6.45, 7) is 2.26. The van der Waals surface area contributed by atoms with Gasteiger partial charge in [0.1, 0.15) is 6.10 Å². The number of rotatable bonds is 9. The molecule has 4 N–H and O–H groups in total. The zero-order valence-electron chi connectivity index (χ0n) is 20.6. The molecule has 9 heteroatoms. The van der Waals surface area contributed by atoms with E-state index >= 15 is 0 Å². The first-order chi connectivity index (χ1) is 17.0. The van der Waals surface area contributed by atoms with Gasteiger partial charge in [-0.1, -0.05) is 30.3 Å². The van der Waals surface area contributed by atoms with Gasteiger partial charge in [-0.3, -0.25) is 5.10 Å². The summed E-state index contributed by atoms with van der Waals surface area (Å²) in [6.07, 6.45) is 4.51. The number of anilines is 1. The Morgan fingerprint density at radius 1 is 1.09 bits per heavy atom. The second kappa shape index (κ2) is 13.7. The Bertz CT molecular complexity index is 970. The number of aromatic amines is 1. The maximum absolute atomic E-state index is 12.1. The van der Waals surface area contributed by atoms with Crippen LogP contribution in [0.5, 0.6) is 0 Å². The molecular weight excluding hydrogens is 446 g/mol. The third-order valence-electron chi connectivity index (χ3n) is 6.26. The van der Waals surface area contributed by atoms with Gasteiger partial charge in [0.25, 0.3) is 0 Å². The number of aromatic nitrogens is 2. The fourth-order valence-corrected chi connectivity index (χ4v) is 3.95. The van der Waals surface area contributed by atoms with E-state index in [2.05, 4.69) is 39.8 Å². The van der Waals surface area contributed by atoms with Crippen molar-refractivity contribution in [3.05, 3.63) is 60.4 Å². The summed E-state index contributed by atoms with van der Waals surface area (Å²) in [5, 5.41) is 28.9. The van der Waals surface area contributed by atoms with Gasteiger partial charge in [0, 0.05) is 51.8 Å². The molecule has 1 aliphatic heterocycles. The van der Waals surface area contributed by atoms with Crippen LogP contribution >= 0.6 is 0 Å². The van der Waals surface area contributed by atoms with Gasteiger partial charge < -0.3 is 30.1 Å². The van der Waals surface area contributed by atoms with Crippen LogP contribution in [0.3, 0.4) is 0 Å². The minimum atomic E-state index is -0.912. The highest BCUT2D eigenvalue weighted by Crippen LogP contribution is 2.26. The Morgan fingerprint density at radius 2 is 1.83 bits per heavy atom. The number of carbonyl (C=O) groups is 1. The van der Waals surface area contributed by atoms with E-state index in [4.69, 9.17) is 14.9 Å². The van der Waals surface area contributed by atoms with E-state index in [1.54, 1.807) is 13.2 Å². The molecular formula is C26H37N5O4. The van der Waals surface area contributed by atoms with Crippen LogP contribution < -0.4 is 10.2 Å². The predicted octanol–water partition coefficient (Wildman–Crippen LogP) is 2.53. The van der Waals surface area contributed by atoms with Crippen LogP contribution in [-0.4, -0.2) is 91.0 Å². The zero-order chi connectivity index (χ0) is 25.0. The van der Waals surface area contributed by atoms with Crippen molar-refractivity contribution in [1.82, 2.24) is 20.4 Å². The predicted molar refractivity (Wildman–Crippen MR) is 137 cm³/mol. The third kappa shape index (κ3) is 7.95. The van der Waals surface area contributed by atoms with Crippen molar-refractivity contribution < 1.29 is 19.7 Å². The average Bonchev–Trinajstić information content (AvgIpc) is 3.03. The standard InChI is InChI=1S/C26H37N5O4/c1-30(14-15-31(2)26(34)35-25(18-32)19-33)24-10-9-23(17-29-28-13-11-24)21-7-5-20(6-8-21)22-4-3-12-27-16-22/h5-11,13,17,22,25,27,29,32-33H,3-4,12,14-16,18-19H2,1-2H3/t22-/m1/s1. The molecule has 3 rings (SSSR count). The molecule has 9 nitrogen and oxygen atoms in total. The van der Waals surface area contributed by atoms with Crippen molar-refractivity contribution in [3.8, 4) is 11.1 Å². The number of hydrogen-bond donors (Lipinski definition) is 4. The van der Waals surface area contributed by atoms with Crippen LogP contribution in [0.2, 0.25) is 0 Å². The highest BCUT2D eigenvalue weighted by molar-refractivity contribution is 5.67. The van der Waals surface area contributed by atoms with Gasteiger partial charge in [0.2, 0.25) is 0 Å². The second-order valence-corrected chi connectivity index (χ2v) is 8.81. The molecule has 0 bridgehead atoms. The Morgan fingerprint density at radius 3 is 2.51 bits per heavy atom. The highest BCUT2D eigenvalue weighted by Gasteiger charge is 2.17. The Balaban J connectivity index is 1.67. The summed E-state index contributed by atoms with van der Waals surface area (Å²) in [7, 11) is 3.56. The van der Waals surface area contributed by atoms with Gasteiger partial charge in [-0.15, -0.1) is 0 Å². The number of ether oxygens (including phenoxy) is 1. The number of carbonyl (C=O) groups excluding carboxylic acids is 1. The van der Waals surface area contributed by atoms with Gasteiger partial charge >= 0.3 is 6.09 Å². The zero-order valence-corrected chi connectivity index (χ0v) is 20.6. The summed E-state index contributed by atoms with van der Waals surface area (Å²) >= 11 is 0. The fraction of sp³-hybridized carbons (Fsp3) is 0.462. The van der Waals surface area contributed by atoms with Crippen LogP contribution in [0.1, 0.15) is 24.3 Å². The molecule has 0 spiro atoms. The summed E-state index contributed by atoms with van der Waals surface area (Å²) in [5.41, 5.74) is 4.41. The first-order valence-electron chi connectivity index (χ1n) is 12.0. The third-order valence-corrected chi connectivity index (χ3v) is 6.26. The first-order valence-corrected chi connectivity index (χ1v) is 12.0. The number of piperidine rings is 1. The fourth-order valence-electron chi connectivity index (χ4n) is 3.95. The molecule has 1 atom stereocenters. The normalized spacial score (nSPS) is 15.4. The molecule has 1 amide bonds. The molecule has 1 aromatic heterocycles. The van der Waals surface area contributed by atoms with Gasteiger partial charge in [0.15, 0.2) is 0 Å².